The van der Waals surface area contributed by atoms with Crippen LogP contribution in [0.4, 0.5) is 10.5 Å². The van der Waals surface area contributed by atoms with Crippen LogP contribution >= 0.6 is 0 Å². The molecule has 26 heavy (non-hydrogen) atoms. The smallest absolute Gasteiger partial charge is 0.319 e. The number of carbonyl (C=O) groups excluding carboxylic acids is 1. The molecule has 0 spiro atoms. The minimum Gasteiger partial charge on any atom is -0.493 e. The first-order valence-electron chi connectivity index (χ1n) is 8.52. The molecule has 1 atom stereocenters. The van der Waals surface area contributed by atoms with E-state index in [2.05, 4.69) is 29.7 Å². The van der Waals surface area contributed by atoms with Crippen molar-refractivity contribution in [1.82, 2.24) is 5.32 Å². The van der Waals surface area contributed by atoms with Crippen LogP contribution in [0.25, 0.3) is 0 Å². The van der Waals surface area contributed by atoms with Crippen molar-refractivity contribution in [3.05, 3.63) is 48.0 Å². The number of amides is 2. The van der Waals surface area contributed by atoms with Gasteiger partial charge in [-0.25, -0.2) is 4.79 Å². The van der Waals surface area contributed by atoms with Gasteiger partial charge in [0.1, 0.15) is 0 Å². The molecule has 6 heteroatoms. The number of hydrogen-bond donors (Lipinski definition) is 2. The van der Waals surface area contributed by atoms with Crippen molar-refractivity contribution in [2.24, 2.45) is 0 Å². The first-order chi connectivity index (χ1) is 12.6. The fourth-order valence-corrected chi connectivity index (χ4v) is 2.77. The average molecular weight is 358 g/mol. The van der Waals surface area contributed by atoms with Crippen LogP contribution < -0.4 is 24.8 Å². The molecule has 2 aromatic carbocycles. The average Bonchev–Trinajstić information content (AvgIpc) is 2.68. The Bertz CT molecular complexity index is 694. The third kappa shape index (κ3) is 4.81. The van der Waals surface area contributed by atoms with Gasteiger partial charge < -0.3 is 24.8 Å². The molecule has 0 radical (unpaired) electrons. The van der Waals surface area contributed by atoms with Crippen molar-refractivity contribution in [3.63, 3.8) is 0 Å². The molecule has 2 N–H and O–H groups in total. The zero-order valence-corrected chi connectivity index (χ0v) is 15.7. The van der Waals surface area contributed by atoms with Crippen LogP contribution in [0.5, 0.6) is 17.2 Å². The lowest BCUT2D eigenvalue weighted by Gasteiger charge is -2.17. The highest BCUT2D eigenvalue weighted by molar-refractivity contribution is 5.90. The molecule has 0 saturated heterocycles. The van der Waals surface area contributed by atoms with E-state index >= 15 is 0 Å². The van der Waals surface area contributed by atoms with Crippen molar-refractivity contribution < 1.29 is 19.0 Å². The van der Waals surface area contributed by atoms with Gasteiger partial charge in [-0.05, 0) is 12.0 Å². The lowest BCUT2D eigenvalue weighted by molar-refractivity contribution is 0.251. The van der Waals surface area contributed by atoms with Crippen LogP contribution in [0.15, 0.2) is 42.5 Å². The summed E-state index contributed by atoms with van der Waals surface area (Å²) in [5.74, 6) is 1.72. The van der Waals surface area contributed by atoms with Crippen LogP contribution in [0, 0.1) is 0 Å². The van der Waals surface area contributed by atoms with E-state index in [0.717, 1.165) is 6.42 Å². The number of carbonyl (C=O) groups is 1. The third-order valence-electron chi connectivity index (χ3n) is 4.20. The van der Waals surface area contributed by atoms with Gasteiger partial charge in [-0.2, -0.15) is 0 Å². The third-order valence-corrected chi connectivity index (χ3v) is 4.20. The maximum absolute atomic E-state index is 12.3. The molecule has 2 amide bonds. The van der Waals surface area contributed by atoms with Crippen molar-refractivity contribution in [2.45, 2.75) is 19.3 Å². The van der Waals surface area contributed by atoms with Crippen molar-refractivity contribution in [3.8, 4) is 17.2 Å². The summed E-state index contributed by atoms with van der Waals surface area (Å²) in [7, 11) is 4.61. The minimum absolute atomic E-state index is 0.266. The number of rotatable bonds is 8. The maximum atomic E-state index is 12.3. The van der Waals surface area contributed by atoms with E-state index in [1.807, 2.05) is 18.2 Å². The quantitative estimate of drug-likeness (QED) is 0.748. The van der Waals surface area contributed by atoms with E-state index < -0.39 is 0 Å². The summed E-state index contributed by atoms with van der Waals surface area (Å²) < 4.78 is 15.9. The summed E-state index contributed by atoms with van der Waals surface area (Å²) in [6.07, 6.45) is 0.939. The summed E-state index contributed by atoms with van der Waals surface area (Å²) in [4.78, 5) is 12.3. The molecule has 2 rings (SSSR count). The van der Waals surface area contributed by atoms with Crippen LogP contribution in [0.1, 0.15) is 24.8 Å². The number of anilines is 1. The molecule has 0 fully saturated rings. The number of benzene rings is 2. The van der Waals surface area contributed by atoms with Gasteiger partial charge in [0.25, 0.3) is 0 Å². The zero-order chi connectivity index (χ0) is 18.9. The van der Waals surface area contributed by atoms with E-state index in [0.29, 0.717) is 29.5 Å². The molecule has 0 aliphatic carbocycles. The Kier molecular flexibility index (Phi) is 7.14. The summed E-state index contributed by atoms with van der Waals surface area (Å²) in [5, 5.41) is 5.73. The van der Waals surface area contributed by atoms with Crippen LogP contribution in [-0.4, -0.2) is 33.9 Å². The minimum atomic E-state index is -0.284. The number of hydrogen-bond acceptors (Lipinski definition) is 4. The van der Waals surface area contributed by atoms with Crippen molar-refractivity contribution in [2.75, 3.05) is 33.2 Å². The van der Waals surface area contributed by atoms with Crippen LogP contribution in [-0.2, 0) is 0 Å². The highest BCUT2D eigenvalue weighted by atomic mass is 16.5. The van der Waals surface area contributed by atoms with Gasteiger partial charge in [-0.15, -0.1) is 0 Å². The maximum Gasteiger partial charge on any atom is 0.319 e. The largest absolute Gasteiger partial charge is 0.493 e. The standard InChI is InChI=1S/C20H26N2O4/c1-5-14(15-9-7-6-8-10-15)13-21-20(23)22-16-11-17(24-2)19(26-4)18(12-16)25-3/h6-12,14H,5,13H2,1-4H3,(H2,21,22,23). The molecule has 0 bridgehead atoms. The van der Waals surface area contributed by atoms with Crippen molar-refractivity contribution >= 4 is 11.7 Å². The SMILES string of the molecule is CCC(CNC(=O)Nc1cc(OC)c(OC)c(OC)c1)c1ccccc1. The van der Waals surface area contributed by atoms with Crippen LogP contribution in [0.2, 0.25) is 0 Å². The molecule has 2 aromatic rings. The topological polar surface area (TPSA) is 68.8 Å². The van der Waals surface area contributed by atoms with E-state index in [4.69, 9.17) is 14.2 Å². The van der Waals surface area contributed by atoms with E-state index in [1.54, 1.807) is 12.1 Å². The van der Waals surface area contributed by atoms with E-state index in [-0.39, 0.29) is 11.9 Å². The van der Waals surface area contributed by atoms with Gasteiger partial charge in [0, 0.05) is 24.6 Å². The van der Waals surface area contributed by atoms with Gasteiger partial charge in [-0.3, -0.25) is 0 Å². The van der Waals surface area contributed by atoms with E-state index in [9.17, 15) is 4.79 Å². The second kappa shape index (κ2) is 9.56. The molecular formula is C20H26N2O4. The fourth-order valence-electron chi connectivity index (χ4n) is 2.77. The Hall–Kier alpha value is -2.89. The Morgan fingerprint density at radius 3 is 2.12 bits per heavy atom. The summed E-state index contributed by atoms with van der Waals surface area (Å²) in [6.45, 7) is 2.66. The highest BCUT2D eigenvalue weighted by Gasteiger charge is 2.15. The number of urea groups is 1. The zero-order valence-electron chi connectivity index (χ0n) is 15.7. The second-order valence-corrected chi connectivity index (χ2v) is 5.76. The van der Waals surface area contributed by atoms with Crippen LogP contribution in [0.3, 0.4) is 0 Å². The van der Waals surface area contributed by atoms with Gasteiger partial charge >= 0.3 is 6.03 Å². The lowest BCUT2D eigenvalue weighted by atomic mass is 9.97. The first-order valence-corrected chi connectivity index (χ1v) is 8.52. The predicted molar refractivity (Wildman–Crippen MR) is 103 cm³/mol. The second-order valence-electron chi connectivity index (χ2n) is 5.76. The molecule has 0 saturated carbocycles. The highest BCUT2D eigenvalue weighted by Crippen LogP contribution is 2.39. The monoisotopic (exact) mass is 358 g/mol. The predicted octanol–water partition coefficient (Wildman–Crippen LogP) is 4.03. The van der Waals surface area contributed by atoms with Gasteiger partial charge in [0.15, 0.2) is 11.5 Å². The molecular weight excluding hydrogens is 332 g/mol. The summed E-state index contributed by atoms with van der Waals surface area (Å²) in [6, 6.07) is 13.3. The van der Waals surface area contributed by atoms with Gasteiger partial charge in [0.05, 0.1) is 27.0 Å². The summed E-state index contributed by atoms with van der Waals surface area (Å²) >= 11 is 0. The first kappa shape index (κ1) is 19.4. The fraction of sp³-hybridized carbons (Fsp3) is 0.350. The molecule has 6 nitrogen and oxygen atoms in total. The summed E-state index contributed by atoms with van der Waals surface area (Å²) in [5.41, 5.74) is 1.77. The normalized spacial score (nSPS) is 11.4. The molecule has 0 aliphatic heterocycles. The molecule has 140 valence electrons. The molecule has 0 aliphatic rings. The van der Waals surface area contributed by atoms with E-state index in [1.165, 1.54) is 26.9 Å². The Labute approximate surface area is 154 Å². The van der Waals surface area contributed by atoms with Gasteiger partial charge in [-0.1, -0.05) is 37.3 Å². The van der Waals surface area contributed by atoms with Gasteiger partial charge in [0.2, 0.25) is 5.75 Å². The number of ether oxygens (including phenoxy) is 3. The Morgan fingerprint density at radius 1 is 1.00 bits per heavy atom. The molecule has 1 unspecified atom stereocenters. The lowest BCUT2D eigenvalue weighted by Crippen LogP contribution is -2.32. The molecule has 0 heterocycles. The van der Waals surface area contributed by atoms with Crippen molar-refractivity contribution in [1.29, 1.82) is 0 Å². The Morgan fingerprint density at radius 2 is 1.62 bits per heavy atom. The molecule has 0 aromatic heterocycles. The number of nitrogens with one attached hydrogen (secondary N) is 2. The number of methoxy groups -OCH3 is 3. The Balaban J connectivity index is 2.03.